The summed E-state index contributed by atoms with van der Waals surface area (Å²) in [6.45, 7) is 5.66. The second-order valence-corrected chi connectivity index (χ2v) is 13.6. The number of likely N-dealkylation sites (N-methyl/N-ethyl adjacent to an activating group) is 2. The number of hydrogen-bond acceptors (Lipinski definition) is 9. The Morgan fingerprint density at radius 1 is 0.906 bits per heavy atom. The van der Waals surface area contributed by atoms with Crippen molar-refractivity contribution in [3.05, 3.63) is 103 Å². The Balaban J connectivity index is 0.000000206. The van der Waals surface area contributed by atoms with Gasteiger partial charge < -0.3 is 29.9 Å². The molecule has 2 aliphatic rings. The smallest absolute Gasteiger partial charge is 0.419 e. The minimum atomic E-state index is -4.67. The van der Waals surface area contributed by atoms with Crippen LogP contribution >= 0.6 is 27.5 Å². The fraction of sp³-hybridized carbons (Fsp3) is 0.324. The van der Waals surface area contributed by atoms with Gasteiger partial charge in [-0.25, -0.2) is 9.97 Å². The molecular formula is C37H36BrClF3N7O4. The van der Waals surface area contributed by atoms with E-state index >= 15 is 0 Å². The number of carbonyl (C=O) groups excluding carboxylic acids is 2. The van der Waals surface area contributed by atoms with E-state index in [1.165, 1.54) is 6.07 Å². The van der Waals surface area contributed by atoms with Crippen molar-refractivity contribution in [1.29, 1.82) is 5.26 Å². The van der Waals surface area contributed by atoms with E-state index in [2.05, 4.69) is 53.4 Å². The van der Waals surface area contributed by atoms with Crippen molar-refractivity contribution < 1.29 is 32.2 Å². The molecule has 2 amide bonds. The molecule has 0 radical (unpaired) electrons. The Labute approximate surface area is 318 Å². The normalized spacial score (nSPS) is 14.1. The van der Waals surface area contributed by atoms with Crippen LogP contribution in [0.2, 0.25) is 5.15 Å². The van der Waals surface area contributed by atoms with Gasteiger partial charge in [-0.3, -0.25) is 9.59 Å². The lowest BCUT2D eigenvalue weighted by molar-refractivity contribution is -0.138. The highest BCUT2D eigenvalue weighted by Crippen LogP contribution is 2.37. The molecule has 0 saturated heterocycles. The number of carbonyl (C=O) groups is 2. The zero-order valence-electron chi connectivity index (χ0n) is 29.3. The molecule has 11 nitrogen and oxygen atoms in total. The molecule has 16 heteroatoms. The van der Waals surface area contributed by atoms with Crippen LogP contribution in [0.25, 0.3) is 0 Å². The topological polar surface area (TPSA) is 133 Å². The third-order valence-corrected chi connectivity index (χ3v) is 9.45. The molecule has 2 aromatic heterocycles. The molecule has 53 heavy (non-hydrogen) atoms. The highest BCUT2D eigenvalue weighted by Gasteiger charge is 2.35. The highest BCUT2D eigenvalue weighted by atomic mass is 79.9. The van der Waals surface area contributed by atoms with E-state index in [1.54, 1.807) is 24.3 Å². The van der Waals surface area contributed by atoms with Crippen LogP contribution in [0.15, 0.2) is 53.0 Å². The zero-order chi connectivity index (χ0) is 38.4. The van der Waals surface area contributed by atoms with Gasteiger partial charge in [-0.2, -0.15) is 18.4 Å². The molecule has 0 atom stereocenters. The zero-order valence-corrected chi connectivity index (χ0v) is 31.7. The van der Waals surface area contributed by atoms with E-state index in [4.69, 9.17) is 21.1 Å². The molecule has 4 aromatic rings. The van der Waals surface area contributed by atoms with Gasteiger partial charge in [0.15, 0.2) is 10.8 Å². The third-order valence-electron chi connectivity index (χ3n) is 8.54. The number of halogens is 5. The average molecular weight is 815 g/mol. The molecule has 0 unspecified atom stereocenters. The average Bonchev–Trinajstić information content (AvgIpc) is 3.12. The minimum Gasteiger partial charge on any atom is -0.496 e. The van der Waals surface area contributed by atoms with Crippen molar-refractivity contribution in [2.75, 3.05) is 51.5 Å². The lowest BCUT2D eigenvalue weighted by atomic mass is 10.0. The summed E-state index contributed by atoms with van der Waals surface area (Å²) < 4.78 is 50.5. The number of alkyl halides is 3. The molecule has 0 saturated carbocycles. The van der Waals surface area contributed by atoms with Crippen LogP contribution in [0, 0.1) is 11.3 Å². The number of nitrogens with zero attached hydrogens (tertiary/aromatic N) is 5. The number of methoxy groups -OCH3 is 1. The first-order chi connectivity index (χ1) is 25.2. The van der Waals surface area contributed by atoms with Gasteiger partial charge >= 0.3 is 6.18 Å². The molecule has 0 bridgehead atoms. The number of pyridine rings is 2. The third kappa shape index (κ3) is 9.63. The summed E-state index contributed by atoms with van der Waals surface area (Å²) in [6, 6.07) is 13.8. The van der Waals surface area contributed by atoms with Crippen LogP contribution in [-0.2, 0) is 32.1 Å². The number of amides is 2. The molecule has 0 fully saturated rings. The predicted molar refractivity (Wildman–Crippen MR) is 197 cm³/mol. The number of aromatic nitrogens is 2. The maximum Gasteiger partial charge on any atom is 0.419 e. The van der Waals surface area contributed by atoms with Crippen LogP contribution in [0.1, 0.15) is 61.4 Å². The van der Waals surface area contributed by atoms with E-state index in [0.717, 1.165) is 72.3 Å². The van der Waals surface area contributed by atoms with Crippen molar-refractivity contribution in [3.8, 4) is 17.6 Å². The quantitative estimate of drug-likeness (QED) is 0.184. The second kappa shape index (κ2) is 16.9. The Morgan fingerprint density at radius 3 is 2.00 bits per heavy atom. The van der Waals surface area contributed by atoms with E-state index in [-0.39, 0.29) is 28.6 Å². The summed E-state index contributed by atoms with van der Waals surface area (Å²) in [4.78, 5) is 38.1. The van der Waals surface area contributed by atoms with Crippen molar-refractivity contribution in [2.24, 2.45) is 0 Å². The molecular weight excluding hydrogens is 779 g/mol. The Morgan fingerprint density at radius 2 is 1.45 bits per heavy atom. The van der Waals surface area contributed by atoms with Crippen LogP contribution in [0.3, 0.4) is 0 Å². The summed E-state index contributed by atoms with van der Waals surface area (Å²) in [5.41, 5.74) is 3.76. The summed E-state index contributed by atoms with van der Waals surface area (Å²) in [5.74, 6) is -0.678. The van der Waals surface area contributed by atoms with E-state index in [0.29, 0.717) is 41.7 Å². The highest BCUT2D eigenvalue weighted by molar-refractivity contribution is 9.10. The molecule has 2 aliphatic heterocycles. The monoisotopic (exact) mass is 813 g/mol. The first kappa shape index (κ1) is 39.5. The van der Waals surface area contributed by atoms with Gasteiger partial charge in [0.05, 0.1) is 35.1 Å². The largest absolute Gasteiger partial charge is 0.496 e. The second-order valence-electron chi connectivity index (χ2n) is 12.4. The number of anilines is 2. The van der Waals surface area contributed by atoms with Crippen molar-refractivity contribution in [2.45, 2.75) is 39.0 Å². The lowest BCUT2D eigenvalue weighted by Crippen LogP contribution is -2.28. The summed E-state index contributed by atoms with van der Waals surface area (Å²) in [6.07, 6.45) is -3.12. The fourth-order valence-corrected chi connectivity index (χ4v) is 6.54. The Hall–Kier alpha value is -4.75. The Kier molecular flexibility index (Phi) is 12.6. The Bertz CT molecular complexity index is 2080. The van der Waals surface area contributed by atoms with Crippen LogP contribution in [0.4, 0.5) is 24.5 Å². The molecule has 278 valence electrons. The maximum absolute atomic E-state index is 13.2. The van der Waals surface area contributed by atoms with Gasteiger partial charge in [-0.05, 0) is 96.6 Å². The molecule has 2 N–H and O–H groups in total. The van der Waals surface area contributed by atoms with Crippen molar-refractivity contribution in [3.63, 3.8) is 0 Å². The van der Waals surface area contributed by atoms with Gasteiger partial charge in [0.1, 0.15) is 17.6 Å². The van der Waals surface area contributed by atoms with Crippen LogP contribution < -0.4 is 20.1 Å². The van der Waals surface area contributed by atoms with Gasteiger partial charge in [-0.15, -0.1) is 0 Å². The van der Waals surface area contributed by atoms with E-state index < -0.39 is 17.6 Å². The SMILES string of the molecule is CCOc1ccc(C(=O)Nc2cc3c(nc2Cl)CCN(C)C3)cc1Br.COc1ccc(C(=O)Nc2cc3c(nc2C#N)CCN(C)C3)cc1C(F)(F)F. The van der Waals surface area contributed by atoms with E-state index in [9.17, 15) is 28.0 Å². The maximum atomic E-state index is 13.2. The fourth-order valence-electron chi connectivity index (χ4n) is 5.84. The molecule has 2 aromatic carbocycles. The van der Waals surface area contributed by atoms with Gasteiger partial charge in [0, 0.05) is 61.5 Å². The van der Waals surface area contributed by atoms with E-state index in [1.807, 2.05) is 26.1 Å². The summed E-state index contributed by atoms with van der Waals surface area (Å²) >= 11 is 9.68. The van der Waals surface area contributed by atoms with Crippen molar-refractivity contribution >= 4 is 50.7 Å². The van der Waals surface area contributed by atoms with Crippen molar-refractivity contribution in [1.82, 2.24) is 19.8 Å². The molecule has 6 rings (SSSR count). The minimum absolute atomic E-state index is 0.0289. The molecule has 0 aliphatic carbocycles. The predicted octanol–water partition coefficient (Wildman–Crippen LogP) is 7.36. The van der Waals surface area contributed by atoms with Gasteiger partial charge in [-0.1, -0.05) is 11.6 Å². The van der Waals surface area contributed by atoms with Gasteiger partial charge in [0.25, 0.3) is 11.8 Å². The molecule has 4 heterocycles. The lowest BCUT2D eigenvalue weighted by Gasteiger charge is -2.25. The van der Waals surface area contributed by atoms with Crippen LogP contribution in [0.5, 0.6) is 11.5 Å². The number of benzene rings is 2. The molecule has 0 spiro atoms. The number of nitriles is 1. The number of nitrogens with one attached hydrogen (secondary N) is 2. The first-order valence-corrected chi connectivity index (χ1v) is 17.7. The number of hydrogen-bond donors (Lipinski definition) is 2. The summed E-state index contributed by atoms with van der Waals surface area (Å²) in [5, 5.41) is 15.0. The first-order valence-electron chi connectivity index (χ1n) is 16.5. The standard InChI is InChI=1S/C19H17F3N4O2.C18H19BrClN3O2/c1-26-6-5-14-12(10-26)8-15(16(9-23)24-14)25-18(27)11-3-4-17(28-2)13(7-11)19(20,21)22;1-3-25-16-5-4-11(8-13(16)19)18(24)22-15-9-12-10-23(2)7-6-14(12)21-17(15)20/h3-4,7-8H,5-6,10H2,1-2H3,(H,25,27);4-5,8-9H,3,6-7,10H2,1-2H3,(H,22,24). The number of rotatable bonds is 7. The van der Waals surface area contributed by atoms with Crippen LogP contribution in [-0.4, -0.2) is 72.5 Å². The summed E-state index contributed by atoms with van der Waals surface area (Å²) in [7, 11) is 5.13. The van der Waals surface area contributed by atoms with Gasteiger partial charge in [0.2, 0.25) is 0 Å². The number of ether oxygens (including phenoxy) is 2. The number of fused-ring (bicyclic) bond motifs is 2.